The van der Waals surface area contributed by atoms with Crippen molar-refractivity contribution in [2.24, 2.45) is 22.5 Å². The predicted octanol–water partition coefficient (Wildman–Crippen LogP) is 7.65. The number of ether oxygens (including phenoxy) is 5. The highest BCUT2D eigenvalue weighted by Gasteiger charge is 2.66. The third kappa shape index (κ3) is 9.28. The number of piperidine rings is 1. The lowest BCUT2D eigenvalue weighted by Crippen LogP contribution is -2.75. The molecule has 4 saturated carbocycles. The van der Waals surface area contributed by atoms with Crippen LogP contribution in [0.25, 0.3) is 11.0 Å². The Labute approximate surface area is 466 Å². The van der Waals surface area contributed by atoms with Crippen LogP contribution in [0.1, 0.15) is 100 Å². The number of aromatic amines is 1. The smallest absolute Gasteiger partial charge is 0.297 e. The van der Waals surface area contributed by atoms with Crippen molar-refractivity contribution in [2.75, 3.05) is 87.4 Å². The molecule has 8 fully saturated rings. The molecule has 80 heavy (non-hydrogen) atoms. The number of amides is 1. The highest BCUT2D eigenvalue weighted by atomic mass is 32.2. The first-order valence-corrected chi connectivity index (χ1v) is 30.4. The molecule has 424 valence electrons. The fraction of sp³-hybridized carbons (Fsp3) is 0.559. The number of hydrogen-bond acceptors (Lipinski definition) is 17. The molecule has 5 aromatic rings. The van der Waals surface area contributed by atoms with Gasteiger partial charge in [-0.2, -0.15) is 4.98 Å². The predicted molar refractivity (Wildman–Crippen MR) is 301 cm³/mol. The van der Waals surface area contributed by atoms with Crippen LogP contribution in [0.15, 0.2) is 77.8 Å². The minimum Gasteiger partial charge on any atom is -0.491 e. The first-order valence-electron chi connectivity index (χ1n) is 28.9. The SMILES string of the molecule is CC(C)Oc1ccccc1[C@@H]1CN(CC23CC(N)(C2)C3)CCN1C1CC2(CCN(c3ccc(C(=O)NS(=O)(=O)c4cc5c(c([N+](=O)[O-])c4)N[C@H](C4CCOCC4)CO5)c(N4c5cc6cc[nH]c6nc5O[C@H]5COCC[C@@H]54)c3)CC2)C1. The van der Waals surface area contributed by atoms with Crippen molar-refractivity contribution in [3.63, 3.8) is 0 Å². The van der Waals surface area contributed by atoms with E-state index in [0.29, 0.717) is 67.2 Å². The second kappa shape index (κ2) is 19.7. The van der Waals surface area contributed by atoms with Crippen LogP contribution in [0.3, 0.4) is 0 Å². The summed E-state index contributed by atoms with van der Waals surface area (Å²) in [6, 6.07) is 20.6. The second-order valence-corrected chi connectivity index (χ2v) is 26.7. The third-order valence-electron chi connectivity index (χ3n) is 19.3. The van der Waals surface area contributed by atoms with Crippen molar-refractivity contribution in [3.8, 4) is 17.4 Å². The van der Waals surface area contributed by atoms with Crippen LogP contribution in [0.2, 0.25) is 0 Å². The van der Waals surface area contributed by atoms with Gasteiger partial charge in [-0.15, -0.1) is 0 Å². The molecular weight excluding hydrogens is 1040 g/mol. The number of piperazine rings is 1. The van der Waals surface area contributed by atoms with Gasteiger partial charge < -0.3 is 49.5 Å². The van der Waals surface area contributed by atoms with Gasteiger partial charge in [-0.1, -0.05) is 18.2 Å². The zero-order valence-corrected chi connectivity index (χ0v) is 46.4. The van der Waals surface area contributed by atoms with Gasteiger partial charge in [0.15, 0.2) is 11.4 Å². The fourth-order valence-corrected chi connectivity index (χ4v) is 16.6. The molecule has 10 aliphatic rings. The first-order chi connectivity index (χ1) is 38.6. The molecule has 1 spiro atoms. The monoisotopic (exact) mass is 1110 g/mol. The van der Waals surface area contributed by atoms with Gasteiger partial charge in [0.25, 0.3) is 21.6 Å². The zero-order valence-electron chi connectivity index (χ0n) is 45.6. The Morgan fingerprint density at radius 1 is 0.950 bits per heavy atom. The normalized spacial score (nSPS) is 28.5. The average Bonchev–Trinajstić information content (AvgIpc) is 4.04. The Morgan fingerprint density at radius 3 is 2.51 bits per heavy atom. The number of nitrogens with one attached hydrogen (secondary N) is 3. The molecule has 2 aromatic heterocycles. The molecular formula is C59H72N10O10S. The van der Waals surface area contributed by atoms with Crippen molar-refractivity contribution >= 4 is 55.4 Å². The number of rotatable bonds is 13. The highest BCUT2D eigenvalue weighted by Crippen LogP contribution is 2.66. The van der Waals surface area contributed by atoms with Crippen LogP contribution in [0.4, 0.5) is 28.4 Å². The number of hydrogen-bond donors (Lipinski definition) is 4. The maximum atomic E-state index is 14.9. The summed E-state index contributed by atoms with van der Waals surface area (Å²) in [5, 5.41) is 16.7. The van der Waals surface area contributed by atoms with Crippen LogP contribution in [-0.2, 0) is 19.5 Å². The quantitative estimate of drug-likeness (QED) is 0.0655. The molecule has 8 heterocycles. The highest BCUT2D eigenvalue weighted by molar-refractivity contribution is 7.90. The van der Waals surface area contributed by atoms with Crippen LogP contribution in [-0.4, -0.2) is 147 Å². The number of fused-ring (bicyclic) bond motifs is 4. The number of para-hydroxylation sites is 1. The Bertz CT molecular complexity index is 3330. The molecule has 3 aromatic carbocycles. The van der Waals surface area contributed by atoms with E-state index in [1.165, 1.54) is 11.6 Å². The number of anilines is 4. The summed E-state index contributed by atoms with van der Waals surface area (Å²) in [5.41, 5.74) is 10.9. The third-order valence-corrected chi connectivity index (χ3v) is 20.7. The van der Waals surface area contributed by atoms with Crippen LogP contribution < -0.4 is 39.8 Å². The minimum absolute atomic E-state index is 0.0292. The molecule has 6 aliphatic heterocycles. The van der Waals surface area contributed by atoms with E-state index in [1.807, 2.05) is 30.5 Å². The van der Waals surface area contributed by atoms with Crippen molar-refractivity contribution in [1.82, 2.24) is 24.5 Å². The summed E-state index contributed by atoms with van der Waals surface area (Å²) in [7, 11) is -4.71. The van der Waals surface area contributed by atoms with Crippen molar-refractivity contribution in [1.29, 1.82) is 0 Å². The minimum atomic E-state index is -4.71. The van der Waals surface area contributed by atoms with Gasteiger partial charge in [-0.3, -0.25) is 24.7 Å². The number of sulfonamides is 1. The fourth-order valence-electron chi connectivity index (χ4n) is 15.6. The van der Waals surface area contributed by atoms with E-state index >= 15 is 0 Å². The van der Waals surface area contributed by atoms with Crippen molar-refractivity contribution in [3.05, 3.63) is 94.2 Å². The van der Waals surface area contributed by atoms with Gasteiger partial charge in [0, 0.05) is 106 Å². The Hall–Kier alpha value is -6.23. The summed E-state index contributed by atoms with van der Waals surface area (Å²) in [5.74, 6) is 0.647. The molecule has 21 heteroatoms. The number of H-pyrrole nitrogens is 1. The van der Waals surface area contributed by atoms with Gasteiger partial charge >= 0.3 is 0 Å². The molecule has 2 bridgehead atoms. The van der Waals surface area contributed by atoms with Crippen molar-refractivity contribution in [2.45, 2.75) is 125 Å². The molecule has 4 aliphatic carbocycles. The molecule has 15 rings (SSSR count). The number of aromatic nitrogens is 2. The molecule has 0 unspecified atom stereocenters. The topological polar surface area (TPSA) is 232 Å². The van der Waals surface area contributed by atoms with E-state index in [9.17, 15) is 23.3 Å². The van der Waals surface area contributed by atoms with Gasteiger partial charge in [0.05, 0.1) is 51.9 Å². The summed E-state index contributed by atoms with van der Waals surface area (Å²) >= 11 is 0. The van der Waals surface area contributed by atoms with Crippen LogP contribution >= 0.6 is 0 Å². The molecule has 1 amide bonds. The number of benzene rings is 3. The number of nitrogens with zero attached hydrogens (tertiary/aromatic N) is 6. The van der Waals surface area contributed by atoms with Crippen LogP contribution in [0.5, 0.6) is 17.4 Å². The van der Waals surface area contributed by atoms with Gasteiger partial charge in [0.1, 0.15) is 29.8 Å². The zero-order chi connectivity index (χ0) is 54.7. The van der Waals surface area contributed by atoms with Crippen LogP contribution in [0, 0.1) is 26.9 Å². The number of nitro benzene ring substituents is 1. The Balaban J connectivity index is 0.736. The number of carbonyl (C=O) groups is 1. The standard InChI is InChI=1S/C59H72N10O10S/c1-36(2)78-50-6-4-3-5-42(50)49-29-65(35-58-32-59(60,33-58)34-58)18-19-67(49)40-27-57(28-40)13-16-66(17-14-57)39-7-8-43(46(24-39)68-45-12-22-76-31-52(45)79-56-48(68)23-38-9-15-61-54(38)63-56)55(70)64-80(73,74)41-25-47(69(71)72)53-51(26-41)77-30-44(62-53)37-10-20-75-21-11-37/h3-9,15,23-26,36-37,40,44-45,49,52,62H,10-14,16-22,27-35,60H2,1-2H3,(H,61,63)(H,64,70)/t44-,45-,49-,52-,58?,59?/m0/s1. The van der Waals surface area contributed by atoms with E-state index in [2.05, 4.69) is 72.7 Å². The Kier molecular flexibility index (Phi) is 12.8. The average molecular weight is 1110 g/mol. The maximum absolute atomic E-state index is 14.9. The second-order valence-electron chi connectivity index (χ2n) is 25.0. The Morgan fingerprint density at radius 2 is 1.74 bits per heavy atom. The van der Waals surface area contributed by atoms with E-state index < -0.39 is 37.5 Å². The summed E-state index contributed by atoms with van der Waals surface area (Å²) in [6.45, 7) is 12.1. The number of pyridine rings is 1. The summed E-state index contributed by atoms with van der Waals surface area (Å²) in [4.78, 5) is 44.5. The molecule has 20 nitrogen and oxygen atoms in total. The maximum Gasteiger partial charge on any atom is 0.297 e. The molecule has 4 saturated heterocycles. The first kappa shape index (κ1) is 51.9. The van der Waals surface area contributed by atoms with Crippen molar-refractivity contribution < 1.29 is 41.8 Å². The molecule has 0 radical (unpaired) electrons. The lowest BCUT2D eigenvalue weighted by molar-refractivity contribution is -0.384. The summed E-state index contributed by atoms with van der Waals surface area (Å²) < 4.78 is 61.8. The van der Waals surface area contributed by atoms with Gasteiger partial charge in [0.2, 0.25) is 5.88 Å². The van der Waals surface area contributed by atoms with E-state index in [1.54, 1.807) is 6.07 Å². The molecule has 5 N–H and O–H groups in total. The lowest BCUT2D eigenvalue weighted by Gasteiger charge is -2.70. The van der Waals surface area contributed by atoms with Gasteiger partial charge in [-0.25, -0.2) is 13.1 Å². The largest absolute Gasteiger partial charge is 0.491 e. The van der Waals surface area contributed by atoms with E-state index in [0.717, 1.165) is 120 Å². The van der Waals surface area contributed by atoms with E-state index in [-0.39, 0.29) is 64.7 Å². The van der Waals surface area contributed by atoms with Gasteiger partial charge in [-0.05, 0) is 131 Å². The summed E-state index contributed by atoms with van der Waals surface area (Å²) in [6.07, 6.45) is 11.3. The number of nitrogens with two attached hydrogens (primary N) is 1. The lowest BCUT2D eigenvalue weighted by atomic mass is 9.39. The number of nitro groups is 1. The molecule has 4 atom stereocenters. The number of carbonyl (C=O) groups excluding carboxylic acids is 1. The van der Waals surface area contributed by atoms with E-state index in [4.69, 9.17) is 34.4 Å².